The molecule has 0 fully saturated rings. The van der Waals surface area contributed by atoms with Crippen LogP contribution in [0.25, 0.3) is 0 Å². The van der Waals surface area contributed by atoms with Crippen molar-refractivity contribution in [1.29, 1.82) is 0 Å². The van der Waals surface area contributed by atoms with E-state index in [-0.39, 0.29) is 0 Å². The van der Waals surface area contributed by atoms with Crippen molar-refractivity contribution in [1.82, 2.24) is 0 Å². The lowest BCUT2D eigenvalue weighted by molar-refractivity contribution is -0.903. The Kier molecular flexibility index (Phi) is 10.5. The Morgan fingerprint density at radius 3 is 1.96 bits per heavy atom. The second-order valence-electron chi connectivity index (χ2n) is 7.94. The number of aromatic carboxylic acids is 1. The van der Waals surface area contributed by atoms with Gasteiger partial charge in [0.15, 0.2) is 0 Å². The molecule has 0 radical (unpaired) electrons. The van der Waals surface area contributed by atoms with Gasteiger partial charge in [0.1, 0.15) is 6.54 Å². The van der Waals surface area contributed by atoms with Crippen molar-refractivity contribution in [2.24, 2.45) is 0 Å². The van der Waals surface area contributed by atoms with Gasteiger partial charge in [-0.05, 0) is 12.8 Å². The van der Waals surface area contributed by atoms with Crippen molar-refractivity contribution >= 4 is 5.97 Å². The molecule has 1 aromatic carbocycles. The molecule has 1 aromatic rings. The molecule has 25 heavy (non-hydrogen) atoms. The zero-order chi connectivity index (χ0) is 18.5. The summed E-state index contributed by atoms with van der Waals surface area (Å²) in [5, 5.41) is 11.2. The molecule has 0 aliphatic heterocycles. The van der Waals surface area contributed by atoms with Gasteiger partial charge in [-0.1, -0.05) is 82.6 Å². The number of rotatable bonds is 14. The molecular formula is C22H37NO2. The van der Waals surface area contributed by atoms with Crippen molar-refractivity contribution in [3.8, 4) is 0 Å². The molecule has 0 aliphatic rings. The number of quaternary nitrogens is 1. The first-order valence-electron chi connectivity index (χ1n) is 10.1. The molecule has 0 bridgehead atoms. The lowest BCUT2D eigenvalue weighted by Gasteiger charge is -2.31. The van der Waals surface area contributed by atoms with Gasteiger partial charge >= 0.3 is 0 Å². The van der Waals surface area contributed by atoms with E-state index in [4.69, 9.17) is 0 Å². The maximum Gasteiger partial charge on any atom is 0.105 e. The highest BCUT2D eigenvalue weighted by atomic mass is 16.4. The molecule has 142 valence electrons. The summed E-state index contributed by atoms with van der Waals surface area (Å²) in [6, 6.07) is 7.22. The Morgan fingerprint density at radius 1 is 0.880 bits per heavy atom. The maximum atomic E-state index is 11.2. The minimum absolute atomic E-state index is 0.330. The van der Waals surface area contributed by atoms with E-state index in [9.17, 15) is 9.90 Å². The summed E-state index contributed by atoms with van der Waals surface area (Å²) in [4.78, 5) is 11.2. The highest BCUT2D eigenvalue weighted by molar-refractivity contribution is 5.87. The van der Waals surface area contributed by atoms with Gasteiger partial charge in [-0.2, -0.15) is 0 Å². The van der Waals surface area contributed by atoms with Crippen molar-refractivity contribution in [2.45, 2.75) is 77.7 Å². The third-order valence-electron chi connectivity index (χ3n) is 4.95. The van der Waals surface area contributed by atoms with E-state index in [1.807, 2.05) is 12.1 Å². The smallest absolute Gasteiger partial charge is 0.105 e. The van der Waals surface area contributed by atoms with Gasteiger partial charge < -0.3 is 14.4 Å². The quantitative estimate of drug-likeness (QED) is 0.366. The van der Waals surface area contributed by atoms with Crippen LogP contribution in [0, 0.1) is 0 Å². The molecule has 1 rings (SSSR count). The second-order valence-corrected chi connectivity index (χ2v) is 7.94. The number of benzene rings is 1. The Labute approximate surface area is 154 Å². The Bertz CT molecular complexity index is 497. The molecule has 3 nitrogen and oxygen atoms in total. The van der Waals surface area contributed by atoms with Crippen LogP contribution in [-0.4, -0.2) is 31.1 Å². The fraction of sp³-hybridized carbons (Fsp3) is 0.682. The number of carboxylic acid groups (broad SMARTS) is 1. The van der Waals surface area contributed by atoms with Crippen LogP contribution in [0.4, 0.5) is 0 Å². The zero-order valence-electron chi connectivity index (χ0n) is 16.6. The van der Waals surface area contributed by atoms with Crippen molar-refractivity contribution in [3.05, 3.63) is 35.4 Å². The van der Waals surface area contributed by atoms with Crippen LogP contribution in [0.2, 0.25) is 0 Å². The molecule has 0 unspecified atom stereocenters. The Balaban J connectivity index is 2.20. The van der Waals surface area contributed by atoms with Crippen LogP contribution in [0.1, 0.15) is 87.1 Å². The van der Waals surface area contributed by atoms with Crippen molar-refractivity contribution in [2.75, 3.05) is 20.6 Å². The largest absolute Gasteiger partial charge is 0.545 e. The molecule has 0 amide bonds. The predicted molar refractivity (Wildman–Crippen MR) is 103 cm³/mol. The first-order chi connectivity index (χ1) is 12.0. The van der Waals surface area contributed by atoms with E-state index in [1.54, 1.807) is 12.1 Å². The maximum absolute atomic E-state index is 11.2. The summed E-state index contributed by atoms with van der Waals surface area (Å²) in [7, 11) is 4.36. The SMILES string of the molecule is CCCCCCCCCCCC[N+](C)(C)Cc1ccccc1C(=O)[O-]. The van der Waals surface area contributed by atoms with E-state index in [2.05, 4.69) is 21.0 Å². The third-order valence-corrected chi connectivity index (χ3v) is 4.95. The number of hydrogen-bond acceptors (Lipinski definition) is 2. The fourth-order valence-corrected chi connectivity index (χ4v) is 3.42. The van der Waals surface area contributed by atoms with E-state index >= 15 is 0 Å². The first-order valence-corrected chi connectivity index (χ1v) is 10.1. The summed E-state index contributed by atoms with van der Waals surface area (Å²) < 4.78 is 0.821. The summed E-state index contributed by atoms with van der Waals surface area (Å²) in [6.07, 6.45) is 13.4. The Hall–Kier alpha value is -1.35. The van der Waals surface area contributed by atoms with Crippen LogP contribution < -0.4 is 5.11 Å². The van der Waals surface area contributed by atoms with Crippen LogP contribution in [-0.2, 0) is 6.54 Å². The van der Waals surface area contributed by atoms with Crippen molar-refractivity contribution < 1.29 is 14.4 Å². The highest BCUT2D eigenvalue weighted by Gasteiger charge is 2.17. The second kappa shape index (κ2) is 12.1. The molecule has 0 aliphatic carbocycles. The summed E-state index contributed by atoms with van der Waals surface area (Å²) in [5.74, 6) is -1.07. The van der Waals surface area contributed by atoms with Crippen LogP contribution in [0.15, 0.2) is 24.3 Å². The van der Waals surface area contributed by atoms with E-state index in [0.717, 1.165) is 23.1 Å². The van der Waals surface area contributed by atoms with Gasteiger partial charge in [-0.3, -0.25) is 0 Å². The van der Waals surface area contributed by atoms with Gasteiger partial charge in [0.05, 0.1) is 26.6 Å². The number of carbonyl (C=O) groups is 1. The van der Waals surface area contributed by atoms with Crippen molar-refractivity contribution in [3.63, 3.8) is 0 Å². The third kappa shape index (κ3) is 9.64. The normalized spacial score (nSPS) is 11.6. The van der Waals surface area contributed by atoms with Gasteiger partial charge in [0.2, 0.25) is 0 Å². The average Bonchev–Trinajstić information content (AvgIpc) is 2.56. The molecule has 0 spiro atoms. The van der Waals surface area contributed by atoms with E-state index in [0.29, 0.717) is 5.56 Å². The highest BCUT2D eigenvalue weighted by Crippen LogP contribution is 2.16. The fourth-order valence-electron chi connectivity index (χ4n) is 3.42. The van der Waals surface area contributed by atoms with Crippen LogP contribution >= 0.6 is 0 Å². The summed E-state index contributed by atoms with van der Waals surface area (Å²) in [6.45, 7) is 4.08. The van der Waals surface area contributed by atoms with Gasteiger partial charge in [-0.25, -0.2) is 0 Å². The number of carbonyl (C=O) groups excluding carboxylic acids is 1. The van der Waals surface area contributed by atoms with Crippen LogP contribution in [0.3, 0.4) is 0 Å². The Morgan fingerprint density at radius 2 is 1.40 bits per heavy atom. The molecule has 0 atom stereocenters. The summed E-state index contributed by atoms with van der Waals surface area (Å²) >= 11 is 0. The number of carboxylic acids is 1. The van der Waals surface area contributed by atoms with Gasteiger partial charge in [-0.15, -0.1) is 0 Å². The van der Waals surface area contributed by atoms with E-state index in [1.165, 1.54) is 64.2 Å². The van der Waals surface area contributed by atoms with E-state index < -0.39 is 5.97 Å². The molecule has 0 saturated carbocycles. The number of hydrogen-bond donors (Lipinski definition) is 0. The lowest BCUT2D eigenvalue weighted by atomic mass is 10.1. The molecule has 3 heteroatoms. The zero-order valence-corrected chi connectivity index (χ0v) is 16.6. The molecule has 0 N–H and O–H groups in total. The van der Waals surface area contributed by atoms with Gasteiger partial charge in [0, 0.05) is 11.1 Å². The minimum Gasteiger partial charge on any atom is -0.545 e. The number of nitrogens with zero attached hydrogens (tertiary/aromatic N) is 1. The number of unbranched alkanes of at least 4 members (excludes halogenated alkanes) is 9. The average molecular weight is 348 g/mol. The topological polar surface area (TPSA) is 40.1 Å². The van der Waals surface area contributed by atoms with Gasteiger partial charge in [0.25, 0.3) is 0 Å². The summed E-state index contributed by atoms with van der Waals surface area (Å²) in [5.41, 5.74) is 1.20. The molecule has 0 heterocycles. The van der Waals surface area contributed by atoms with Crippen LogP contribution in [0.5, 0.6) is 0 Å². The standard InChI is InChI=1S/C22H37NO2/c1-4-5-6-7-8-9-10-11-12-15-18-23(2,3)19-20-16-13-14-17-21(20)22(24)25/h13-14,16-17H,4-12,15,18-19H2,1-3H3. The predicted octanol–water partition coefficient (Wildman–Crippen LogP) is 4.55. The monoisotopic (exact) mass is 347 g/mol. The lowest BCUT2D eigenvalue weighted by Crippen LogP contribution is -2.40. The minimum atomic E-state index is -1.07. The first kappa shape index (κ1) is 21.7. The molecular weight excluding hydrogens is 310 g/mol. The molecule has 0 aromatic heterocycles. The molecule has 0 saturated heterocycles.